The fourth-order valence-corrected chi connectivity index (χ4v) is 2.11. The van der Waals surface area contributed by atoms with E-state index in [0.717, 1.165) is 13.0 Å². The van der Waals surface area contributed by atoms with Crippen molar-refractivity contribution < 1.29 is 9.59 Å². The lowest BCUT2D eigenvalue weighted by Gasteiger charge is -2.27. The molecule has 5 nitrogen and oxygen atoms in total. The zero-order chi connectivity index (χ0) is 14.6. The normalized spacial score (nSPS) is 17.4. The maximum absolute atomic E-state index is 12.1. The molecule has 1 heterocycles. The van der Waals surface area contributed by atoms with Gasteiger partial charge in [0.1, 0.15) is 0 Å². The van der Waals surface area contributed by atoms with Crippen molar-refractivity contribution >= 4 is 11.9 Å². The van der Waals surface area contributed by atoms with E-state index in [1.165, 1.54) is 0 Å². The van der Waals surface area contributed by atoms with Crippen molar-refractivity contribution in [1.82, 2.24) is 15.1 Å². The maximum Gasteiger partial charge on any atom is 0.317 e. The van der Waals surface area contributed by atoms with Crippen LogP contribution >= 0.6 is 0 Å². The second-order valence-corrected chi connectivity index (χ2v) is 6.50. The molecule has 0 aromatic carbocycles. The first-order chi connectivity index (χ1) is 8.70. The number of carbonyl (C=O) groups is 2. The summed E-state index contributed by atoms with van der Waals surface area (Å²) in [4.78, 5) is 27.7. The average molecular weight is 269 g/mol. The van der Waals surface area contributed by atoms with Gasteiger partial charge in [0.25, 0.3) is 0 Å². The molecule has 0 spiro atoms. The van der Waals surface area contributed by atoms with Crippen LogP contribution in [0.2, 0.25) is 0 Å². The highest BCUT2D eigenvalue weighted by molar-refractivity contribution is 5.78. The minimum absolute atomic E-state index is 0.0231. The molecule has 1 fully saturated rings. The third-order valence-corrected chi connectivity index (χ3v) is 3.07. The molecule has 5 heteroatoms. The van der Waals surface area contributed by atoms with Crippen LogP contribution in [0, 0.1) is 5.92 Å². The summed E-state index contributed by atoms with van der Waals surface area (Å²) in [6.07, 6.45) is 0.843. The molecule has 0 saturated carbocycles. The number of nitrogens with one attached hydrogen (secondary N) is 1. The SMILES string of the molecule is CC(C)C(=O)N1CCCN(C(=O)NC(C)(C)C)CC1. The Labute approximate surface area is 116 Å². The molecule has 0 aromatic heterocycles. The van der Waals surface area contributed by atoms with Crippen LogP contribution in [0.15, 0.2) is 0 Å². The van der Waals surface area contributed by atoms with Crippen LogP contribution in [0.25, 0.3) is 0 Å². The molecule has 0 atom stereocenters. The van der Waals surface area contributed by atoms with Crippen LogP contribution in [-0.4, -0.2) is 53.5 Å². The molecule has 1 rings (SSSR count). The molecule has 19 heavy (non-hydrogen) atoms. The zero-order valence-corrected chi connectivity index (χ0v) is 12.8. The first-order valence-corrected chi connectivity index (χ1v) is 7.06. The fourth-order valence-electron chi connectivity index (χ4n) is 2.11. The molecule has 0 aromatic rings. The van der Waals surface area contributed by atoms with E-state index in [4.69, 9.17) is 0 Å². The molecule has 1 saturated heterocycles. The molecule has 0 unspecified atom stereocenters. The first-order valence-electron chi connectivity index (χ1n) is 7.06. The summed E-state index contributed by atoms with van der Waals surface area (Å²) in [5, 5.41) is 2.97. The predicted molar refractivity (Wildman–Crippen MR) is 75.9 cm³/mol. The molecule has 0 radical (unpaired) electrons. The van der Waals surface area contributed by atoms with E-state index in [0.29, 0.717) is 19.6 Å². The second kappa shape index (κ2) is 6.26. The van der Waals surface area contributed by atoms with E-state index in [1.54, 1.807) is 4.90 Å². The lowest BCUT2D eigenvalue weighted by Crippen LogP contribution is -2.49. The molecule has 0 bridgehead atoms. The van der Waals surface area contributed by atoms with Gasteiger partial charge in [-0.25, -0.2) is 4.79 Å². The van der Waals surface area contributed by atoms with Crippen LogP contribution in [0.5, 0.6) is 0 Å². The van der Waals surface area contributed by atoms with Gasteiger partial charge in [0.2, 0.25) is 5.91 Å². The van der Waals surface area contributed by atoms with Gasteiger partial charge < -0.3 is 15.1 Å². The fraction of sp³-hybridized carbons (Fsp3) is 0.857. The largest absolute Gasteiger partial charge is 0.341 e. The van der Waals surface area contributed by atoms with Crippen LogP contribution in [0.4, 0.5) is 4.79 Å². The molecule has 3 amide bonds. The van der Waals surface area contributed by atoms with Crippen molar-refractivity contribution in [2.24, 2.45) is 5.92 Å². The standard InChI is InChI=1S/C14H27N3O2/c1-11(2)12(18)16-7-6-8-17(10-9-16)13(19)15-14(3,4)5/h11H,6-10H2,1-5H3,(H,15,19). The number of nitrogens with zero attached hydrogens (tertiary/aromatic N) is 2. The van der Waals surface area contributed by atoms with E-state index in [9.17, 15) is 9.59 Å². The summed E-state index contributed by atoms with van der Waals surface area (Å²) in [7, 11) is 0. The summed E-state index contributed by atoms with van der Waals surface area (Å²) in [6, 6.07) is -0.0358. The topological polar surface area (TPSA) is 52.7 Å². The van der Waals surface area contributed by atoms with Crippen molar-refractivity contribution in [3.05, 3.63) is 0 Å². The van der Waals surface area contributed by atoms with Crippen molar-refractivity contribution in [1.29, 1.82) is 0 Å². The third-order valence-electron chi connectivity index (χ3n) is 3.07. The second-order valence-electron chi connectivity index (χ2n) is 6.50. The van der Waals surface area contributed by atoms with E-state index < -0.39 is 0 Å². The van der Waals surface area contributed by atoms with Gasteiger partial charge in [-0.2, -0.15) is 0 Å². The minimum atomic E-state index is -0.225. The van der Waals surface area contributed by atoms with E-state index in [1.807, 2.05) is 39.5 Å². The van der Waals surface area contributed by atoms with Crippen LogP contribution in [0.3, 0.4) is 0 Å². The Morgan fingerprint density at radius 1 is 1.00 bits per heavy atom. The number of hydrogen-bond donors (Lipinski definition) is 1. The Kier molecular flexibility index (Phi) is 5.20. The average Bonchev–Trinajstić information content (AvgIpc) is 2.50. The van der Waals surface area contributed by atoms with Crippen LogP contribution < -0.4 is 5.32 Å². The van der Waals surface area contributed by atoms with Crippen molar-refractivity contribution in [3.63, 3.8) is 0 Å². The number of urea groups is 1. The van der Waals surface area contributed by atoms with E-state index >= 15 is 0 Å². The molecule has 1 aliphatic rings. The quantitative estimate of drug-likeness (QED) is 0.787. The van der Waals surface area contributed by atoms with E-state index in [-0.39, 0.29) is 23.4 Å². The Morgan fingerprint density at radius 3 is 2.05 bits per heavy atom. The van der Waals surface area contributed by atoms with Crippen LogP contribution in [-0.2, 0) is 4.79 Å². The van der Waals surface area contributed by atoms with Gasteiger partial charge in [-0.1, -0.05) is 13.8 Å². The Bertz CT molecular complexity index is 334. The lowest BCUT2D eigenvalue weighted by molar-refractivity contribution is -0.134. The summed E-state index contributed by atoms with van der Waals surface area (Å²) >= 11 is 0. The van der Waals surface area contributed by atoms with Gasteiger partial charge in [0, 0.05) is 37.6 Å². The van der Waals surface area contributed by atoms with E-state index in [2.05, 4.69) is 5.32 Å². The van der Waals surface area contributed by atoms with Crippen molar-refractivity contribution in [2.45, 2.75) is 46.6 Å². The number of rotatable bonds is 1. The molecule has 1 aliphatic heterocycles. The Morgan fingerprint density at radius 2 is 1.53 bits per heavy atom. The smallest absolute Gasteiger partial charge is 0.317 e. The minimum Gasteiger partial charge on any atom is -0.341 e. The highest BCUT2D eigenvalue weighted by Crippen LogP contribution is 2.09. The summed E-state index contributed by atoms with van der Waals surface area (Å²) in [6.45, 7) is 12.4. The number of amides is 3. The maximum atomic E-state index is 12.1. The van der Waals surface area contributed by atoms with Crippen molar-refractivity contribution in [3.8, 4) is 0 Å². The molecule has 0 aliphatic carbocycles. The van der Waals surface area contributed by atoms with Gasteiger partial charge >= 0.3 is 6.03 Å². The summed E-state index contributed by atoms with van der Waals surface area (Å²) < 4.78 is 0. The van der Waals surface area contributed by atoms with Crippen molar-refractivity contribution in [2.75, 3.05) is 26.2 Å². The van der Waals surface area contributed by atoms with Crippen LogP contribution in [0.1, 0.15) is 41.0 Å². The molecular formula is C14H27N3O2. The Balaban J connectivity index is 2.54. The monoisotopic (exact) mass is 269 g/mol. The van der Waals surface area contributed by atoms with Gasteiger partial charge in [0.15, 0.2) is 0 Å². The van der Waals surface area contributed by atoms with Gasteiger partial charge in [-0.3, -0.25) is 4.79 Å². The highest BCUT2D eigenvalue weighted by Gasteiger charge is 2.25. The summed E-state index contributed by atoms with van der Waals surface area (Å²) in [5.74, 6) is 0.202. The molecular weight excluding hydrogens is 242 g/mol. The number of hydrogen-bond acceptors (Lipinski definition) is 2. The highest BCUT2D eigenvalue weighted by atomic mass is 16.2. The molecule has 1 N–H and O–H groups in total. The third kappa shape index (κ3) is 5.09. The molecule has 110 valence electrons. The first kappa shape index (κ1) is 15.8. The van der Waals surface area contributed by atoms with Gasteiger partial charge in [-0.05, 0) is 27.2 Å². The lowest BCUT2D eigenvalue weighted by atomic mass is 10.1. The summed E-state index contributed by atoms with van der Waals surface area (Å²) in [5.41, 5.74) is -0.225. The Hall–Kier alpha value is -1.26. The predicted octanol–water partition coefficient (Wildman–Crippen LogP) is 1.68. The zero-order valence-electron chi connectivity index (χ0n) is 12.8. The van der Waals surface area contributed by atoms with Gasteiger partial charge in [-0.15, -0.1) is 0 Å². The van der Waals surface area contributed by atoms with Gasteiger partial charge in [0.05, 0.1) is 0 Å². The number of carbonyl (C=O) groups excluding carboxylic acids is 2.